The third-order valence-electron chi connectivity index (χ3n) is 2.57. The van der Waals surface area contributed by atoms with Crippen molar-refractivity contribution in [2.45, 2.75) is 6.04 Å². The SMILES string of the molecule is NC(c1ccccn1)c1nc(-c2cccs2)cs1. The number of nitrogens with zero attached hydrogens (tertiary/aromatic N) is 2. The Morgan fingerprint density at radius 2 is 2.06 bits per heavy atom. The van der Waals surface area contributed by atoms with Crippen LogP contribution in [-0.4, -0.2) is 9.97 Å². The van der Waals surface area contributed by atoms with Gasteiger partial charge < -0.3 is 5.73 Å². The lowest BCUT2D eigenvalue weighted by molar-refractivity contribution is 0.819. The fraction of sp³-hybridized carbons (Fsp3) is 0.0769. The third kappa shape index (κ3) is 2.20. The van der Waals surface area contributed by atoms with E-state index in [1.807, 2.05) is 35.0 Å². The molecule has 0 radical (unpaired) electrons. The molecule has 3 aromatic heterocycles. The van der Waals surface area contributed by atoms with Gasteiger partial charge in [0.2, 0.25) is 0 Å². The summed E-state index contributed by atoms with van der Waals surface area (Å²) in [6, 6.07) is 9.60. The number of thiophene rings is 1. The molecule has 90 valence electrons. The molecule has 3 rings (SSSR count). The Hall–Kier alpha value is -1.56. The molecule has 0 saturated heterocycles. The largest absolute Gasteiger partial charge is 0.317 e. The van der Waals surface area contributed by atoms with Crippen LogP contribution in [0.15, 0.2) is 47.3 Å². The van der Waals surface area contributed by atoms with E-state index in [4.69, 9.17) is 5.73 Å². The van der Waals surface area contributed by atoms with Crippen LogP contribution in [0.3, 0.4) is 0 Å². The molecular weight excluding hydrogens is 262 g/mol. The van der Waals surface area contributed by atoms with Crippen molar-refractivity contribution < 1.29 is 0 Å². The smallest absolute Gasteiger partial charge is 0.116 e. The minimum absolute atomic E-state index is 0.245. The van der Waals surface area contributed by atoms with Gasteiger partial charge in [-0.25, -0.2) is 4.98 Å². The lowest BCUT2D eigenvalue weighted by Crippen LogP contribution is -2.12. The number of hydrogen-bond donors (Lipinski definition) is 1. The van der Waals surface area contributed by atoms with Gasteiger partial charge >= 0.3 is 0 Å². The van der Waals surface area contributed by atoms with Crippen LogP contribution >= 0.6 is 22.7 Å². The first-order valence-corrected chi connectivity index (χ1v) is 7.26. The van der Waals surface area contributed by atoms with Gasteiger partial charge in [0.05, 0.1) is 22.3 Å². The van der Waals surface area contributed by atoms with E-state index in [1.54, 1.807) is 28.9 Å². The van der Waals surface area contributed by atoms with Crippen LogP contribution in [0.25, 0.3) is 10.6 Å². The standard InChI is InChI=1S/C13H11N3S2/c14-12(9-4-1-2-6-15-9)13-16-10(8-18-13)11-5-3-7-17-11/h1-8,12H,14H2. The fourth-order valence-corrected chi connectivity index (χ4v) is 3.25. The molecule has 3 nitrogen and oxygen atoms in total. The molecule has 0 aromatic carbocycles. The maximum absolute atomic E-state index is 6.17. The molecular formula is C13H11N3S2. The molecule has 3 heterocycles. The molecule has 1 atom stereocenters. The summed E-state index contributed by atoms with van der Waals surface area (Å²) in [5.41, 5.74) is 8.02. The van der Waals surface area contributed by atoms with E-state index in [-0.39, 0.29) is 6.04 Å². The summed E-state index contributed by atoms with van der Waals surface area (Å²) in [6.07, 6.45) is 1.75. The second kappa shape index (κ2) is 4.97. The molecule has 0 aliphatic heterocycles. The first-order valence-electron chi connectivity index (χ1n) is 5.50. The van der Waals surface area contributed by atoms with E-state index in [1.165, 1.54) is 4.88 Å². The average Bonchev–Trinajstić information content (AvgIpc) is 3.09. The Morgan fingerprint density at radius 3 is 2.78 bits per heavy atom. The summed E-state index contributed by atoms with van der Waals surface area (Å²) in [5, 5.41) is 4.99. The molecule has 18 heavy (non-hydrogen) atoms. The summed E-state index contributed by atoms with van der Waals surface area (Å²) in [4.78, 5) is 10.0. The van der Waals surface area contributed by atoms with Crippen molar-refractivity contribution in [3.63, 3.8) is 0 Å². The Morgan fingerprint density at radius 1 is 1.11 bits per heavy atom. The van der Waals surface area contributed by atoms with Crippen molar-refractivity contribution >= 4 is 22.7 Å². The van der Waals surface area contributed by atoms with Crippen molar-refractivity contribution in [3.05, 3.63) is 58.0 Å². The van der Waals surface area contributed by atoms with Crippen molar-refractivity contribution in [2.24, 2.45) is 5.73 Å². The fourth-order valence-electron chi connectivity index (χ4n) is 1.65. The topological polar surface area (TPSA) is 51.8 Å². The van der Waals surface area contributed by atoms with Gasteiger partial charge in [-0.2, -0.15) is 0 Å². The third-order valence-corrected chi connectivity index (χ3v) is 4.39. The number of rotatable bonds is 3. The maximum Gasteiger partial charge on any atom is 0.116 e. The van der Waals surface area contributed by atoms with Crippen molar-refractivity contribution in [1.29, 1.82) is 0 Å². The monoisotopic (exact) mass is 273 g/mol. The normalized spacial score (nSPS) is 12.5. The zero-order valence-corrected chi connectivity index (χ0v) is 11.1. The lowest BCUT2D eigenvalue weighted by atomic mass is 10.2. The highest BCUT2D eigenvalue weighted by Crippen LogP contribution is 2.29. The number of aromatic nitrogens is 2. The van der Waals surface area contributed by atoms with E-state index < -0.39 is 0 Å². The highest BCUT2D eigenvalue weighted by molar-refractivity contribution is 7.14. The van der Waals surface area contributed by atoms with Crippen LogP contribution in [0.4, 0.5) is 0 Å². The van der Waals surface area contributed by atoms with Gasteiger partial charge in [-0.3, -0.25) is 4.98 Å². The molecule has 0 saturated carbocycles. The van der Waals surface area contributed by atoms with Crippen LogP contribution in [0.5, 0.6) is 0 Å². The first-order chi connectivity index (χ1) is 8.84. The second-order valence-electron chi connectivity index (χ2n) is 3.78. The summed E-state index contributed by atoms with van der Waals surface area (Å²) < 4.78 is 0. The number of pyridine rings is 1. The Kier molecular flexibility index (Phi) is 3.19. The van der Waals surface area contributed by atoms with Gasteiger partial charge in [0.1, 0.15) is 5.01 Å². The summed E-state index contributed by atoms with van der Waals surface area (Å²) >= 11 is 3.27. The Labute approximate surface area is 113 Å². The molecule has 2 N–H and O–H groups in total. The summed E-state index contributed by atoms with van der Waals surface area (Å²) in [5.74, 6) is 0. The van der Waals surface area contributed by atoms with Gasteiger partial charge in [-0.05, 0) is 23.6 Å². The van der Waals surface area contributed by atoms with E-state index in [9.17, 15) is 0 Å². The highest BCUT2D eigenvalue weighted by atomic mass is 32.1. The molecule has 0 bridgehead atoms. The highest BCUT2D eigenvalue weighted by Gasteiger charge is 2.15. The molecule has 5 heteroatoms. The molecule has 0 aliphatic carbocycles. The van der Waals surface area contributed by atoms with Gasteiger partial charge in [-0.1, -0.05) is 12.1 Å². The van der Waals surface area contributed by atoms with Gasteiger partial charge in [0.15, 0.2) is 0 Å². The zero-order valence-electron chi connectivity index (χ0n) is 9.48. The summed E-state index contributed by atoms with van der Waals surface area (Å²) in [7, 11) is 0. The second-order valence-corrected chi connectivity index (χ2v) is 5.62. The van der Waals surface area contributed by atoms with E-state index in [0.717, 1.165) is 16.4 Å². The minimum atomic E-state index is -0.245. The van der Waals surface area contributed by atoms with Crippen LogP contribution in [-0.2, 0) is 0 Å². The van der Waals surface area contributed by atoms with Crippen LogP contribution in [0.1, 0.15) is 16.7 Å². The molecule has 0 amide bonds. The van der Waals surface area contributed by atoms with Crippen LogP contribution < -0.4 is 5.73 Å². The quantitative estimate of drug-likeness (QED) is 0.796. The number of hydrogen-bond acceptors (Lipinski definition) is 5. The molecule has 0 aliphatic rings. The van der Waals surface area contributed by atoms with Crippen molar-refractivity contribution in [3.8, 4) is 10.6 Å². The predicted octanol–water partition coefficient (Wildman–Crippen LogP) is 3.31. The van der Waals surface area contributed by atoms with E-state index >= 15 is 0 Å². The maximum atomic E-state index is 6.17. The van der Waals surface area contributed by atoms with E-state index in [0.29, 0.717) is 0 Å². The van der Waals surface area contributed by atoms with Crippen molar-refractivity contribution in [1.82, 2.24) is 9.97 Å². The molecule has 0 spiro atoms. The minimum Gasteiger partial charge on any atom is -0.317 e. The lowest BCUT2D eigenvalue weighted by Gasteiger charge is -2.06. The predicted molar refractivity (Wildman–Crippen MR) is 75.7 cm³/mol. The average molecular weight is 273 g/mol. The Bertz CT molecular complexity index is 617. The number of thiazole rings is 1. The molecule has 0 fully saturated rings. The zero-order chi connectivity index (χ0) is 12.4. The van der Waals surface area contributed by atoms with Crippen LogP contribution in [0.2, 0.25) is 0 Å². The number of nitrogens with two attached hydrogens (primary N) is 1. The van der Waals surface area contributed by atoms with Gasteiger partial charge in [0, 0.05) is 11.6 Å². The van der Waals surface area contributed by atoms with Crippen LogP contribution in [0, 0.1) is 0 Å². The van der Waals surface area contributed by atoms with Gasteiger partial charge in [0.25, 0.3) is 0 Å². The molecule has 1 unspecified atom stereocenters. The Balaban J connectivity index is 1.90. The molecule has 3 aromatic rings. The summed E-state index contributed by atoms with van der Waals surface area (Å²) in [6.45, 7) is 0. The van der Waals surface area contributed by atoms with Gasteiger partial charge in [-0.15, -0.1) is 22.7 Å². The van der Waals surface area contributed by atoms with Crippen molar-refractivity contribution in [2.75, 3.05) is 0 Å². The van der Waals surface area contributed by atoms with E-state index in [2.05, 4.69) is 16.0 Å². The first kappa shape index (κ1) is 11.5.